The van der Waals surface area contributed by atoms with E-state index < -0.39 is 0 Å². The first-order valence-corrected chi connectivity index (χ1v) is 6.76. The summed E-state index contributed by atoms with van der Waals surface area (Å²) in [6.45, 7) is 0. The molecule has 92 valence electrons. The minimum Gasteiger partial charge on any atom is -0.318 e. The summed E-state index contributed by atoms with van der Waals surface area (Å²) in [6.07, 6.45) is 3.10. The molecule has 0 aromatic carbocycles. The Labute approximate surface area is 125 Å². The van der Waals surface area contributed by atoms with Crippen molar-refractivity contribution >= 4 is 55.1 Å². The van der Waals surface area contributed by atoms with E-state index in [0.717, 1.165) is 8.95 Å². The third-order valence-electron chi connectivity index (χ3n) is 2.01. The van der Waals surface area contributed by atoms with Gasteiger partial charge >= 0.3 is 0 Å². The summed E-state index contributed by atoms with van der Waals surface area (Å²) in [7, 11) is 0. The monoisotopic (exact) mass is 389 g/mol. The van der Waals surface area contributed by atoms with Crippen molar-refractivity contribution in [2.24, 2.45) is 0 Å². The van der Waals surface area contributed by atoms with Crippen molar-refractivity contribution in [3.63, 3.8) is 0 Å². The number of carbonyl (C=O) groups excluding carboxylic acids is 1. The van der Waals surface area contributed by atoms with Crippen molar-refractivity contribution in [3.8, 4) is 0 Å². The molecular weight excluding hydrogens is 385 g/mol. The molecule has 0 saturated carbocycles. The van der Waals surface area contributed by atoms with Crippen LogP contribution in [0, 0.1) is 0 Å². The summed E-state index contributed by atoms with van der Waals surface area (Å²) in [6, 6.07) is 5.02. The smallest absolute Gasteiger partial charge is 0.274 e. The molecule has 0 saturated heterocycles. The third-order valence-corrected chi connectivity index (χ3v) is 3.22. The molecule has 0 fully saturated rings. The topological polar surface area (TPSA) is 54.9 Å². The van der Waals surface area contributed by atoms with Crippen molar-refractivity contribution in [2.45, 2.75) is 0 Å². The summed E-state index contributed by atoms with van der Waals surface area (Å²) < 4.78 is 1.53. The molecule has 2 heterocycles. The van der Waals surface area contributed by atoms with Crippen LogP contribution in [0.15, 0.2) is 39.5 Å². The van der Waals surface area contributed by atoms with Crippen LogP contribution in [0.4, 0.5) is 5.69 Å². The maximum Gasteiger partial charge on any atom is 0.274 e. The summed E-state index contributed by atoms with van der Waals surface area (Å²) in [4.78, 5) is 19.8. The number of pyridine rings is 2. The number of nitrogens with one attached hydrogen (secondary N) is 1. The molecule has 0 aliphatic carbocycles. The second-order valence-electron chi connectivity index (χ2n) is 3.31. The number of carbonyl (C=O) groups is 1. The number of aromatic nitrogens is 2. The van der Waals surface area contributed by atoms with Crippen molar-refractivity contribution in [2.75, 3.05) is 5.32 Å². The van der Waals surface area contributed by atoms with Crippen molar-refractivity contribution in [1.29, 1.82) is 0 Å². The van der Waals surface area contributed by atoms with Gasteiger partial charge in [-0.25, -0.2) is 9.97 Å². The predicted octanol–water partition coefficient (Wildman–Crippen LogP) is 3.91. The van der Waals surface area contributed by atoms with E-state index in [1.54, 1.807) is 30.6 Å². The molecule has 18 heavy (non-hydrogen) atoms. The van der Waals surface area contributed by atoms with Crippen LogP contribution in [-0.4, -0.2) is 15.9 Å². The molecule has 0 atom stereocenters. The highest BCUT2D eigenvalue weighted by atomic mass is 79.9. The summed E-state index contributed by atoms with van der Waals surface area (Å²) >= 11 is 12.4. The van der Waals surface area contributed by atoms with Gasteiger partial charge in [-0.1, -0.05) is 11.6 Å². The fourth-order valence-corrected chi connectivity index (χ4v) is 1.92. The van der Waals surface area contributed by atoms with Crippen LogP contribution in [-0.2, 0) is 0 Å². The van der Waals surface area contributed by atoms with Crippen LogP contribution in [0.3, 0.4) is 0 Å². The fourth-order valence-electron chi connectivity index (χ4n) is 1.21. The van der Waals surface area contributed by atoms with Gasteiger partial charge < -0.3 is 5.32 Å². The molecule has 2 rings (SSSR count). The lowest BCUT2D eigenvalue weighted by molar-refractivity contribution is 0.102. The molecule has 7 heteroatoms. The van der Waals surface area contributed by atoms with Gasteiger partial charge in [-0.05, 0) is 50.1 Å². The normalized spacial score (nSPS) is 10.2. The Morgan fingerprint density at radius 2 is 1.89 bits per heavy atom. The molecule has 2 aromatic rings. The van der Waals surface area contributed by atoms with Gasteiger partial charge in [0, 0.05) is 21.3 Å². The zero-order valence-corrected chi connectivity index (χ0v) is 12.8. The highest BCUT2D eigenvalue weighted by Gasteiger charge is 2.10. The van der Waals surface area contributed by atoms with Gasteiger partial charge in [0.25, 0.3) is 5.91 Å². The molecule has 0 aliphatic rings. The Kier molecular flexibility index (Phi) is 4.31. The van der Waals surface area contributed by atoms with Gasteiger partial charge in [0.1, 0.15) is 5.69 Å². The van der Waals surface area contributed by atoms with E-state index in [9.17, 15) is 4.79 Å². The maximum absolute atomic E-state index is 11.9. The number of hydrogen-bond donors (Lipinski definition) is 1. The Morgan fingerprint density at radius 3 is 2.56 bits per heavy atom. The van der Waals surface area contributed by atoms with Crippen molar-refractivity contribution < 1.29 is 4.79 Å². The average Bonchev–Trinajstić information content (AvgIpc) is 2.34. The number of amides is 1. The van der Waals surface area contributed by atoms with Gasteiger partial charge in [-0.3, -0.25) is 4.79 Å². The fraction of sp³-hybridized carbons (Fsp3) is 0. The van der Waals surface area contributed by atoms with Crippen LogP contribution < -0.4 is 5.32 Å². The summed E-state index contributed by atoms with van der Waals surface area (Å²) in [5.74, 6) is -0.343. The average molecular weight is 391 g/mol. The predicted molar refractivity (Wildman–Crippen MR) is 76.8 cm³/mol. The third kappa shape index (κ3) is 3.28. The molecule has 4 nitrogen and oxygen atoms in total. The van der Waals surface area contributed by atoms with Gasteiger partial charge in [-0.2, -0.15) is 0 Å². The Hall–Kier alpha value is -0.980. The number of rotatable bonds is 2. The lowest BCUT2D eigenvalue weighted by Crippen LogP contribution is -2.14. The lowest BCUT2D eigenvalue weighted by Gasteiger charge is -2.06. The zero-order chi connectivity index (χ0) is 13.1. The molecule has 0 unspecified atom stereocenters. The van der Waals surface area contributed by atoms with Gasteiger partial charge in [0.05, 0.1) is 5.69 Å². The number of halogens is 3. The summed E-state index contributed by atoms with van der Waals surface area (Å²) in [5, 5.41) is 2.87. The SMILES string of the molecule is O=C(Nc1cc(Br)cnc1Cl)c1ccc(Br)cn1. The van der Waals surface area contributed by atoms with Crippen LogP contribution in [0.5, 0.6) is 0 Å². The molecule has 0 bridgehead atoms. The Bertz CT molecular complexity index is 589. The first-order valence-electron chi connectivity index (χ1n) is 4.80. The molecule has 2 aromatic heterocycles. The first-order chi connectivity index (χ1) is 8.56. The van der Waals surface area contributed by atoms with E-state index in [2.05, 4.69) is 47.1 Å². The lowest BCUT2D eigenvalue weighted by atomic mass is 10.3. The van der Waals surface area contributed by atoms with Crippen LogP contribution in [0.2, 0.25) is 5.15 Å². The van der Waals surface area contributed by atoms with E-state index in [0.29, 0.717) is 11.4 Å². The van der Waals surface area contributed by atoms with Crippen LogP contribution >= 0.6 is 43.5 Å². The van der Waals surface area contributed by atoms with E-state index in [1.165, 1.54) is 0 Å². The molecule has 0 spiro atoms. The molecular formula is C11H6Br2ClN3O. The quantitative estimate of drug-likeness (QED) is 0.790. The minimum absolute atomic E-state index is 0.226. The standard InChI is InChI=1S/C11H6Br2ClN3O/c12-6-1-2-8(15-4-6)11(18)17-9-3-7(13)5-16-10(9)14/h1-5H,(H,17,18). The van der Waals surface area contributed by atoms with Crippen LogP contribution in [0.1, 0.15) is 10.5 Å². The Balaban J connectivity index is 2.21. The number of nitrogens with zero attached hydrogens (tertiary/aromatic N) is 2. The maximum atomic E-state index is 11.9. The second-order valence-corrected chi connectivity index (χ2v) is 5.50. The van der Waals surface area contributed by atoms with E-state index >= 15 is 0 Å². The second kappa shape index (κ2) is 5.77. The van der Waals surface area contributed by atoms with E-state index in [-0.39, 0.29) is 11.1 Å². The first kappa shape index (κ1) is 13.5. The number of anilines is 1. The minimum atomic E-state index is -0.343. The van der Waals surface area contributed by atoms with Gasteiger partial charge in [0.2, 0.25) is 0 Å². The number of hydrogen-bond acceptors (Lipinski definition) is 3. The van der Waals surface area contributed by atoms with E-state index in [1.807, 2.05) is 0 Å². The van der Waals surface area contributed by atoms with Crippen molar-refractivity contribution in [1.82, 2.24) is 9.97 Å². The zero-order valence-electron chi connectivity index (χ0n) is 8.82. The highest BCUT2D eigenvalue weighted by Crippen LogP contribution is 2.23. The van der Waals surface area contributed by atoms with E-state index in [4.69, 9.17) is 11.6 Å². The van der Waals surface area contributed by atoms with Gasteiger partial charge in [0.15, 0.2) is 5.15 Å². The largest absolute Gasteiger partial charge is 0.318 e. The molecule has 1 N–H and O–H groups in total. The molecule has 0 radical (unpaired) electrons. The Morgan fingerprint density at radius 1 is 1.17 bits per heavy atom. The molecule has 0 aliphatic heterocycles. The van der Waals surface area contributed by atoms with Gasteiger partial charge in [-0.15, -0.1) is 0 Å². The molecule has 1 amide bonds. The van der Waals surface area contributed by atoms with Crippen molar-refractivity contribution in [3.05, 3.63) is 50.4 Å². The summed E-state index contributed by atoms with van der Waals surface area (Å²) in [5.41, 5.74) is 0.731. The highest BCUT2D eigenvalue weighted by molar-refractivity contribution is 9.10. The van der Waals surface area contributed by atoms with Crippen LogP contribution in [0.25, 0.3) is 0 Å².